The predicted molar refractivity (Wildman–Crippen MR) is 102 cm³/mol. The number of ether oxygens (including phenoxy) is 1. The van der Waals surface area contributed by atoms with Crippen molar-refractivity contribution in [1.82, 2.24) is 4.90 Å². The van der Waals surface area contributed by atoms with E-state index in [1.54, 1.807) is 24.3 Å². The SMILES string of the molecule is COCCN(CC(F)F)C(=O)c1cccc(S(=O)(=O)Nc2ccc(C)cc2)c1. The van der Waals surface area contributed by atoms with Gasteiger partial charge in [0.15, 0.2) is 0 Å². The zero-order valence-electron chi connectivity index (χ0n) is 15.6. The topological polar surface area (TPSA) is 75.7 Å². The van der Waals surface area contributed by atoms with Crippen LogP contribution in [0.2, 0.25) is 0 Å². The third kappa shape index (κ3) is 6.00. The summed E-state index contributed by atoms with van der Waals surface area (Å²) in [6, 6.07) is 12.1. The molecule has 0 aliphatic rings. The van der Waals surface area contributed by atoms with Gasteiger partial charge >= 0.3 is 0 Å². The van der Waals surface area contributed by atoms with Crippen LogP contribution < -0.4 is 4.72 Å². The van der Waals surface area contributed by atoms with Crippen LogP contribution in [0, 0.1) is 6.92 Å². The highest BCUT2D eigenvalue weighted by Crippen LogP contribution is 2.19. The normalized spacial score (nSPS) is 11.5. The van der Waals surface area contributed by atoms with Crippen molar-refractivity contribution in [2.45, 2.75) is 18.2 Å². The fourth-order valence-corrected chi connectivity index (χ4v) is 3.56. The lowest BCUT2D eigenvalue weighted by molar-refractivity contribution is 0.0478. The van der Waals surface area contributed by atoms with Gasteiger partial charge in [-0.25, -0.2) is 17.2 Å². The first-order chi connectivity index (χ1) is 13.2. The third-order valence-corrected chi connectivity index (χ3v) is 5.28. The van der Waals surface area contributed by atoms with E-state index in [2.05, 4.69) is 4.72 Å². The molecule has 28 heavy (non-hydrogen) atoms. The van der Waals surface area contributed by atoms with Gasteiger partial charge in [-0.2, -0.15) is 0 Å². The van der Waals surface area contributed by atoms with Crippen molar-refractivity contribution in [3.63, 3.8) is 0 Å². The molecular weight excluding hydrogens is 390 g/mol. The quantitative estimate of drug-likeness (QED) is 0.687. The molecule has 0 aliphatic carbocycles. The number of hydrogen-bond acceptors (Lipinski definition) is 4. The fraction of sp³-hybridized carbons (Fsp3) is 0.316. The van der Waals surface area contributed by atoms with Crippen LogP contribution in [0.25, 0.3) is 0 Å². The molecule has 0 saturated carbocycles. The van der Waals surface area contributed by atoms with Gasteiger partial charge in [-0.1, -0.05) is 23.8 Å². The first kappa shape index (κ1) is 21.8. The minimum atomic E-state index is -3.94. The number of sulfonamides is 1. The lowest BCUT2D eigenvalue weighted by atomic mass is 10.2. The number of anilines is 1. The summed E-state index contributed by atoms with van der Waals surface area (Å²) in [6.45, 7) is 1.17. The largest absolute Gasteiger partial charge is 0.383 e. The zero-order valence-corrected chi connectivity index (χ0v) is 16.4. The smallest absolute Gasteiger partial charge is 0.261 e. The Hall–Kier alpha value is -2.52. The van der Waals surface area contributed by atoms with E-state index in [0.29, 0.717) is 5.69 Å². The number of methoxy groups -OCH3 is 1. The lowest BCUT2D eigenvalue weighted by Crippen LogP contribution is -2.37. The number of rotatable bonds is 9. The summed E-state index contributed by atoms with van der Waals surface area (Å²) in [5, 5.41) is 0. The van der Waals surface area contributed by atoms with E-state index < -0.39 is 28.9 Å². The molecule has 1 amide bonds. The average molecular weight is 412 g/mol. The molecule has 0 saturated heterocycles. The molecule has 2 aromatic carbocycles. The van der Waals surface area contributed by atoms with Gasteiger partial charge in [0.05, 0.1) is 18.0 Å². The molecule has 1 N–H and O–H groups in total. The Balaban J connectivity index is 2.25. The summed E-state index contributed by atoms with van der Waals surface area (Å²) in [4.78, 5) is 13.4. The van der Waals surface area contributed by atoms with Crippen molar-refractivity contribution in [3.8, 4) is 0 Å². The van der Waals surface area contributed by atoms with Crippen molar-refractivity contribution in [1.29, 1.82) is 0 Å². The maximum absolute atomic E-state index is 12.8. The molecule has 0 aliphatic heterocycles. The summed E-state index contributed by atoms with van der Waals surface area (Å²) in [5.74, 6) is -0.690. The van der Waals surface area contributed by atoms with Gasteiger partial charge < -0.3 is 9.64 Å². The Morgan fingerprint density at radius 3 is 2.46 bits per heavy atom. The summed E-state index contributed by atoms with van der Waals surface area (Å²) < 4.78 is 58.1. The lowest BCUT2D eigenvalue weighted by Gasteiger charge is -2.22. The minimum Gasteiger partial charge on any atom is -0.383 e. The molecule has 6 nitrogen and oxygen atoms in total. The van der Waals surface area contributed by atoms with E-state index in [-0.39, 0.29) is 23.6 Å². The number of nitrogens with zero attached hydrogens (tertiary/aromatic N) is 1. The maximum Gasteiger partial charge on any atom is 0.261 e. The van der Waals surface area contributed by atoms with Crippen molar-refractivity contribution in [3.05, 3.63) is 59.7 Å². The Morgan fingerprint density at radius 1 is 1.18 bits per heavy atom. The Bertz CT molecular complexity index is 902. The molecule has 152 valence electrons. The van der Waals surface area contributed by atoms with Crippen molar-refractivity contribution < 1.29 is 26.7 Å². The van der Waals surface area contributed by atoms with Gasteiger partial charge in [0.25, 0.3) is 22.4 Å². The van der Waals surface area contributed by atoms with Crippen LogP contribution in [0.5, 0.6) is 0 Å². The maximum atomic E-state index is 12.8. The van der Waals surface area contributed by atoms with Crippen LogP contribution in [0.1, 0.15) is 15.9 Å². The first-order valence-electron chi connectivity index (χ1n) is 8.49. The second kappa shape index (κ2) is 9.61. The van der Waals surface area contributed by atoms with Crippen LogP contribution in [0.3, 0.4) is 0 Å². The first-order valence-corrected chi connectivity index (χ1v) is 9.97. The van der Waals surface area contributed by atoms with Crippen LogP contribution in [0.4, 0.5) is 14.5 Å². The van der Waals surface area contributed by atoms with E-state index >= 15 is 0 Å². The highest BCUT2D eigenvalue weighted by atomic mass is 32.2. The van der Waals surface area contributed by atoms with Gasteiger partial charge in [0, 0.05) is 24.9 Å². The van der Waals surface area contributed by atoms with E-state index in [4.69, 9.17) is 4.74 Å². The molecule has 2 aromatic rings. The molecule has 0 spiro atoms. The van der Waals surface area contributed by atoms with Gasteiger partial charge in [0.2, 0.25) is 0 Å². The molecule has 0 aromatic heterocycles. The second-order valence-corrected chi connectivity index (χ2v) is 7.82. The number of benzene rings is 2. The van der Waals surface area contributed by atoms with Crippen LogP contribution in [0.15, 0.2) is 53.4 Å². The Morgan fingerprint density at radius 2 is 1.86 bits per heavy atom. The van der Waals surface area contributed by atoms with Crippen molar-refractivity contribution >= 4 is 21.6 Å². The standard InChI is InChI=1S/C19H22F2N2O4S/c1-14-6-8-16(9-7-14)22-28(25,26)17-5-3-4-15(12-17)19(24)23(10-11-27-2)13-18(20)21/h3-9,12,18,22H,10-11,13H2,1-2H3. The van der Waals surface area contributed by atoms with E-state index in [9.17, 15) is 22.0 Å². The number of alkyl halides is 2. The van der Waals surface area contributed by atoms with Gasteiger partial charge in [-0.3, -0.25) is 9.52 Å². The number of aryl methyl sites for hydroxylation is 1. The number of carbonyl (C=O) groups is 1. The van der Waals surface area contributed by atoms with E-state index in [1.807, 2.05) is 6.92 Å². The predicted octanol–water partition coefficient (Wildman–Crippen LogP) is 3.15. The van der Waals surface area contributed by atoms with Crippen LogP contribution in [-0.4, -0.2) is 52.5 Å². The molecule has 0 fully saturated rings. The third-order valence-electron chi connectivity index (χ3n) is 3.91. The monoisotopic (exact) mass is 412 g/mol. The van der Waals surface area contributed by atoms with Crippen molar-refractivity contribution in [2.75, 3.05) is 31.5 Å². The average Bonchev–Trinajstić information content (AvgIpc) is 2.66. The summed E-state index contributed by atoms with van der Waals surface area (Å²) in [5.41, 5.74) is 1.36. The molecule has 0 radical (unpaired) electrons. The van der Waals surface area contributed by atoms with Crippen LogP contribution in [-0.2, 0) is 14.8 Å². The molecule has 0 unspecified atom stereocenters. The molecule has 0 heterocycles. The van der Waals surface area contributed by atoms with Crippen molar-refractivity contribution in [2.24, 2.45) is 0 Å². The number of nitrogens with one attached hydrogen (secondary N) is 1. The molecular formula is C19H22F2N2O4S. The second-order valence-electron chi connectivity index (χ2n) is 6.13. The summed E-state index contributed by atoms with van der Waals surface area (Å²) in [6.07, 6.45) is -2.71. The highest BCUT2D eigenvalue weighted by Gasteiger charge is 2.22. The summed E-state index contributed by atoms with van der Waals surface area (Å²) in [7, 11) is -2.54. The molecule has 9 heteroatoms. The fourth-order valence-electron chi connectivity index (χ4n) is 2.46. The number of amides is 1. The van der Waals surface area contributed by atoms with Gasteiger partial charge in [0.1, 0.15) is 0 Å². The number of carbonyl (C=O) groups excluding carboxylic acids is 1. The molecule has 2 rings (SSSR count). The molecule has 0 atom stereocenters. The Kier molecular flexibility index (Phi) is 7.47. The van der Waals surface area contributed by atoms with Crippen LogP contribution >= 0.6 is 0 Å². The molecule has 0 bridgehead atoms. The number of hydrogen-bond donors (Lipinski definition) is 1. The zero-order chi connectivity index (χ0) is 20.7. The van der Waals surface area contributed by atoms with Gasteiger partial charge in [-0.15, -0.1) is 0 Å². The highest BCUT2D eigenvalue weighted by molar-refractivity contribution is 7.92. The van der Waals surface area contributed by atoms with E-state index in [0.717, 1.165) is 10.5 Å². The Labute approximate surface area is 163 Å². The number of halogens is 2. The van der Waals surface area contributed by atoms with E-state index in [1.165, 1.54) is 31.4 Å². The van der Waals surface area contributed by atoms with Gasteiger partial charge in [-0.05, 0) is 37.3 Å². The summed E-state index contributed by atoms with van der Waals surface area (Å²) >= 11 is 0. The minimum absolute atomic E-state index is 0.00327.